The van der Waals surface area contributed by atoms with Crippen LogP contribution < -0.4 is 5.32 Å². The van der Waals surface area contributed by atoms with Crippen molar-refractivity contribution in [2.45, 2.75) is 44.6 Å². The van der Waals surface area contributed by atoms with Crippen molar-refractivity contribution in [1.29, 1.82) is 0 Å². The van der Waals surface area contributed by atoms with E-state index in [0.717, 1.165) is 24.4 Å². The van der Waals surface area contributed by atoms with Gasteiger partial charge in [0.25, 0.3) is 0 Å². The molecule has 0 spiro atoms. The quantitative estimate of drug-likeness (QED) is 0.857. The number of fused-ring (bicyclic) bond motifs is 1. The lowest BCUT2D eigenvalue weighted by Crippen LogP contribution is -2.28. The third kappa shape index (κ3) is 2.75. The molecule has 2 fully saturated rings. The van der Waals surface area contributed by atoms with Crippen molar-refractivity contribution in [3.05, 3.63) is 47.0 Å². The van der Waals surface area contributed by atoms with Crippen molar-refractivity contribution in [2.24, 2.45) is 5.92 Å². The number of hydrogen-bond donors (Lipinski definition) is 1. The van der Waals surface area contributed by atoms with Crippen LogP contribution in [0.15, 0.2) is 35.9 Å². The third-order valence-corrected chi connectivity index (χ3v) is 6.08. The van der Waals surface area contributed by atoms with Gasteiger partial charge in [-0.25, -0.2) is 0 Å². The Morgan fingerprint density at radius 3 is 2.82 bits per heavy atom. The van der Waals surface area contributed by atoms with E-state index in [9.17, 15) is 0 Å². The van der Waals surface area contributed by atoms with E-state index < -0.39 is 0 Å². The van der Waals surface area contributed by atoms with Crippen LogP contribution in [0.4, 0.5) is 0 Å². The number of likely N-dealkylation sites (tertiary alicyclic amines) is 1. The molecule has 0 amide bonds. The second-order valence-corrected chi connectivity index (χ2v) is 7.38. The SMILES string of the molecule is CC1CCCN1CCc1ccc(C2CC=C3CNCC32)cc1. The molecule has 1 aromatic rings. The molecule has 1 aliphatic carbocycles. The minimum Gasteiger partial charge on any atom is -0.312 e. The minimum atomic E-state index is 0.720. The number of allylic oxidation sites excluding steroid dienone is 1. The highest BCUT2D eigenvalue weighted by molar-refractivity contribution is 5.34. The Morgan fingerprint density at radius 2 is 2.05 bits per heavy atom. The fourth-order valence-corrected chi connectivity index (χ4v) is 4.60. The Morgan fingerprint density at radius 1 is 1.18 bits per heavy atom. The molecule has 2 saturated heterocycles. The summed E-state index contributed by atoms with van der Waals surface area (Å²) in [5, 5.41) is 3.52. The van der Waals surface area contributed by atoms with Crippen LogP contribution in [0.5, 0.6) is 0 Å². The van der Waals surface area contributed by atoms with Gasteiger partial charge in [-0.1, -0.05) is 35.9 Å². The van der Waals surface area contributed by atoms with Gasteiger partial charge in [0.15, 0.2) is 0 Å². The second-order valence-electron chi connectivity index (χ2n) is 7.38. The smallest absolute Gasteiger partial charge is 0.0168 e. The van der Waals surface area contributed by atoms with E-state index in [1.807, 2.05) is 0 Å². The number of benzene rings is 1. The summed E-state index contributed by atoms with van der Waals surface area (Å²) in [6.45, 7) is 7.18. The van der Waals surface area contributed by atoms with Crippen molar-refractivity contribution in [3.8, 4) is 0 Å². The van der Waals surface area contributed by atoms with Gasteiger partial charge in [-0.3, -0.25) is 0 Å². The lowest BCUT2D eigenvalue weighted by atomic mass is 9.86. The maximum atomic E-state index is 3.52. The zero-order chi connectivity index (χ0) is 14.9. The maximum Gasteiger partial charge on any atom is 0.0168 e. The number of rotatable bonds is 4. The third-order valence-electron chi connectivity index (χ3n) is 6.08. The van der Waals surface area contributed by atoms with Crippen molar-refractivity contribution in [3.63, 3.8) is 0 Å². The molecule has 1 N–H and O–H groups in total. The predicted molar refractivity (Wildman–Crippen MR) is 92.2 cm³/mol. The summed E-state index contributed by atoms with van der Waals surface area (Å²) in [4.78, 5) is 2.64. The van der Waals surface area contributed by atoms with Gasteiger partial charge >= 0.3 is 0 Å². The Kier molecular flexibility index (Phi) is 4.06. The average molecular weight is 296 g/mol. The topological polar surface area (TPSA) is 15.3 Å². The Bertz CT molecular complexity index is 545. The molecule has 0 saturated carbocycles. The van der Waals surface area contributed by atoms with E-state index in [-0.39, 0.29) is 0 Å². The van der Waals surface area contributed by atoms with Crippen molar-refractivity contribution in [1.82, 2.24) is 10.2 Å². The highest BCUT2D eigenvalue weighted by Gasteiger charge is 2.33. The second kappa shape index (κ2) is 6.17. The number of nitrogens with one attached hydrogen (secondary N) is 1. The summed E-state index contributed by atoms with van der Waals surface area (Å²) in [6, 6.07) is 10.3. The number of hydrogen-bond acceptors (Lipinski definition) is 2. The van der Waals surface area contributed by atoms with Gasteiger partial charge in [-0.15, -0.1) is 0 Å². The monoisotopic (exact) mass is 296 g/mol. The normalized spacial score (nSPS) is 31.5. The van der Waals surface area contributed by atoms with Crippen LogP contribution in [0.1, 0.15) is 43.2 Å². The first-order valence-electron chi connectivity index (χ1n) is 9.04. The fraction of sp³-hybridized carbons (Fsp3) is 0.600. The molecule has 4 rings (SSSR count). The van der Waals surface area contributed by atoms with Crippen molar-refractivity contribution >= 4 is 0 Å². The lowest BCUT2D eigenvalue weighted by Gasteiger charge is -2.21. The Hall–Kier alpha value is -1.12. The molecular weight excluding hydrogens is 268 g/mol. The van der Waals surface area contributed by atoms with Crippen LogP contribution in [0.25, 0.3) is 0 Å². The summed E-state index contributed by atoms with van der Waals surface area (Å²) in [5.41, 5.74) is 4.69. The molecule has 22 heavy (non-hydrogen) atoms. The van der Waals surface area contributed by atoms with Gasteiger partial charge < -0.3 is 10.2 Å². The van der Waals surface area contributed by atoms with Crippen LogP contribution in [0.3, 0.4) is 0 Å². The van der Waals surface area contributed by atoms with Gasteiger partial charge in [0.05, 0.1) is 0 Å². The summed E-state index contributed by atoms with van der Waals surface area (Å²) in [6.07, 6.45) is 7.67. The van der Waals surface area contributed by atoms with Crippen LogP contribution in [-0.4, -0.2) is 37.1 Å². The molecule has 3 atom stereocenters. The van der Waals surface area contributed by atoms with E-state index in [1.165, 1.54) is 50.9 Å². The number of nitrogens with zero attached hydrogens (tertiary/aromatic N) is 1. The molecule has 1 aromatic carbocycles. The van der Waals surface area contributed by atoms with Crippen LogP contribution in [0, 0.1) is 5.92 Å². The van der Waals surface area contributed by atoms with E-state index in [2.05, 4.69) is 47.5 Å². The summed E-state index contributed by atoms with van der Waals surface area (Å²) in [7, 11) is 0. The molecule has 2 aliphatic heterocycles. The molecule has 2 heteroatoms. The lowest BCUT2D eigenvalue weighted by molar-refractivity contribution is 0.272. The van der Waals surface area contributed by atoms with Crippen LogP contribution in [-0.2, 0) is 6.42 Å². The standard InChI is InChI=1S/C20H28N2/c1-15-3-2-11-22(15)12-10-16-4-6-17(7-5-16)19-9-8-18-13-21-14-20(18)19/h4-8,15,19-21H,2-3,9-14H2,1H3. The molecule has 0 radical (unpaired) electrons. The molecular formula is C20H28N2. The van der Waals surface area contributed by atoms with Crippen molar-refractivity contribution < 1.29 is 0 Å². The van der Waals surface area contributed by atoms with Crippen LogP contribution >= 0.6 is 0 Å². The molecule has 0 aromatic heterocycles. The van der Waals surface area contributed by atoms with E-state index >= 15 is 0 Å². The fourth-order valence-electron chi connectivity index (χ4n) is 4.60. The predicted octanol–water partition coefficient (Wildman–Crippen LogP) is 3.35. The van der Waals surface area contributed by atoms with E-state index in [0.29, 0.717) is 0 Å². The van der Waals surface area contributed by atoms with E-state index in [4.69, 9.17) is 0 Å². The Labute approximate surface area is 134 Å². The summed E-state index contributed by atoms with van der Waals surface area (Å²) >= 11 is 0. The summed E-state index contributed by atoms with van der Waals surface area (Å²) < 4.78 is 0. The van der Waals surface area contributed by atoms with Gasteiger partial charge in [-0.2, -0.15) is 0 Å². The zero-order valence-corrected chi connectivity index (χ0v) is 13.7. The maximum absolute atomic E-state index is 3.52. The average Bonchev–Trinajstić information content (AvgIpc) is 3.22. The molecule has 2 nitrogen and oxygen atoms in total. The molecule has 2 heterocycles. The molecule has 0 bridgehead atoms. The zero-order valence-electron chi connectivity index (χ0n) is 13.7. The largest absolute Gasteiger partial charge is 0.312 e. The first-order valence-corrected chi connectivity index (χ1v) is 9.04. The van der Waals surface area contributed by atoms with E-state index in [1.54, 1.807) is 11.1 Å². The minimum absolute atomic E-state index is 0.720. The van der Waals surface area contributed by atoms with Crippen LogP contribution in [0.2, 0.25) is 0 Å². The Balaban J connectivity index is 1.37. The first kappa shape index (κ1) is 14.5. The van der Waals surface area contributed by atoms with Gasteiger partial charge in [-0.05, 0) is 56.2 Å². The molecule has 118 valence electrons. The van der Waals surface area contributed by atoms with Gasteiger partial charge in [0.2, 0.25) is 0 Å². The van der Waals surface area contributed by atoms with Gasteiger partial charge in [0.1, 0.15) is 0 Å². The first-order chi connectivity index (χ1) is 10.8. The highest BCUT2D eigenvalue weighted by atomic mass is 15.2. The molecule has 3 aliphatic rings. The summed E-state index contributed by atoms with van der Waals surface area (Å²) in [5.74, 6) is 1.48. The highest BCUT2D eigenvalue weighted by Crippen LogP contribution is 2.41. The van der Waals surface area contributed by atoms with Crippen molar-refractivity contribution in [2.75, 3.05) is 26.2 Å². The molecule has 3 unspecified atom stereocenters. The van der Waals surface area contributed by atoms with Gasteiger partial charge in [0, 0.05) is 31.6 Å².